The molecule has 0 aliphatic carbocycles. The van der Waals surface area contributed by atoms with Gasteiger partial charge in [-0.3, -0.25) is 4.21 Å². The smallest absolute Gasteiger partial charge is 0.354 e. The molecule has 5 nitrogen and oxygen atoms in total. The van der Waals surface area contributed by atoms with Crippen LogP contribution in [-0.4, -0.2) is 24.8 Å². The topological polar surface area (TPSA) is 90.3 Å². The van der Waals surface area contributed by atoms with Gasteiger partial charge in [-0.1, -0.05) is 0 Å². The first-order chi connectivity index (χ1) is 5.61. The first-order valence-electron chi connectivity index (χ1n) is 2.90. The molecule has 0 bridgehead atoms. The Hall–Kier alpha value is -1.27. The minimum atomic E-state index is -2.41. The van der Waals surface area contributed by atoms with Crippen LogP contribution in [0.1, 0.15) is 10.5 Å². The Morgan fingerprint density at radius 3 is 2.83 bits per heavy atom. The van der Waals surface area contributed by atoms with E-state index < -0.39 is 17.0 Å². The summed E-state index contributed by atoms with van der Waals surface area (Å²) in [7, 11) is 0. The van der Waals surface area contributed by atoms with E-state index in [-0.39, 0.29) is 10.6 Å². The van der Waals surface area contributed by atoms with Crippen LogP contribution < -0.4 is 0 Å². The zero-order valence-corrected chi connectivity index (χ0v) is 6.58. The SMILES string of the molecule is O=C(O)c1cc(S(=O)[O-])ccn1. The lowest BCUT2D eigenvalue weighted by atomic mass is 10.4. The molecule has 1 aromatic heterocycles. The van der Waals surface area contributed by atoms with Crippen molar-refractivity contribution in [2.24, 2.45) is 0 Å². The van der Waals surface area contributed by atoms with Crippen LogP contribution >= 0.6 is 0 Å². The third-order valence-corrected chi connectivity index (χ3v) is 1.78. The van der Waals surface area contributed by atoms with Gasteiger partial charge in [-0.15, -0.1) is 0 Å². The summed E-state index contributed by atoms with van der Waals surface area (Å²) in [5.41, 5.74) is -0.281. The molecule has 0 amide bonds. The van der Waals surface area contributed by atoms with Crippen molar-refractivity contribution in [1.29, 1.82) is 0 Å². The monoisotopic (exact) mass is 186 g/mol. The van der Waals surface area contributed by atoms with E-state index in [0.29, 0.717) is 0 Å². The van der Waals surface area contributed by atoms with Crippen molar-refractivity contribution in [3.63, 3.8) is 0 Å². The van der Waals surface area contributed by atoms with E-state index in [2.05, 4.69) is 4.98 Å². The zero-order valence-electron chi connectivity index (χ0n) is 5.76. The third kappa shape index (κ3) is 1.86. The second-order valence-electron chi connectivity index (χ2n) is 1.92. The molecular formula is C6H4NO4S-. The number of pyridine rings is 1. The lowest BCUT2D eigenvalue weighted by Crippen LogP contribution is -2.01. The van der Waals surface area contributed by atoms with Gasteiger partial charge in [0.1, 0.15) is 5.69 Å². The summed E-state index contributed by atoms with van der Waals surface area (Å²) in [6, 6.07) is 2.21. The van der Waals surface area contributed by atoms with Crippen LogP contribution in [-0.2, 0) is 11.1 Å². The number of carboxylic acid groups (broad SMARTS) is 1. The second-order valence-corrected chi connectivity index (χ2v) is 2.86. The van der Waals surface area contributed by atoms with Crippen molar-refractivity contribution in [3.05, 3.63) is 24.0 Å². The van der Waals surface area contributed by atoms with E-state index in [1.165, 1.54) is 6.07 Å². The molecule has 1 atom stereocenters. The van der Waals surface area contributed by atoms with Crippen LogP contribution in [0.25, 0.3) is 0 Å². The largest absolute Gasteiger partial charge is 0.768 e. The standard InChI is InChI=1S/C6H5NO4S/c8-6(9)5-3-4(12(10)11)1-2-7-5/h1-3H,(H,8,9)(H,10,11)/p-1. The van der Waals surface area contributed by atoms with Gasteiger partial charge >= 0.3 is 5.97 Å². The van der Waals surface area contributed by atoms with Gasteiger partial charge in [0, 0.05) is 11.1 Å². The molecule has 1 aromatic rings. The average molecular weight is 186 g/mol. The molecular weight excluding hydrogens is 182 g/mol. The van der Waals surface area contributed by atoms with Crippen LogP contribution in [0.3, 0.4) is 0 Å². The van der Waals surface area contributed by atoms with Gasteiger partial charge in [0.2, 0.25) is 0 Å². The van der Waals surface area contributed by atoms with Gasteiger partial charge in [0.25, 0.3) is 0 Å². The highest BCUT2D eigenvalue weighted by Crippen LogP contribution is 2.04. The lowest BCUT2D eigenvalue weighted by Gasteiger charge is -2.03. The maximum Gasteiger partial charge on any atom is 0.354 e. The summed E-state index contributed by atoms with van der Waals surface area (Å²) in [6.07, 6.45) is 1.13. The summed E-state index contributed by atoms with van der Waals surface area (Å²) in [5, 5.41) is 8.43. The molecule has 1 unspecified atom stereocenters. The fourth-order valence-electron chi connectivity index (χ4n) is 0.632. The minimum Gasteiger partial charge on any atom is -0.768 e. The van der Waals surface area contributed by atoms with E-state index in [0.717, 1.165) is 12.3 Å². The molecule has 0 aliphatic rings. The molecule has 0 saturated heterocycles. The first kappa shape index (κ1) is 8.82. The van der Waals surface area contributed by atoms with Crippen LogP contribution in [0.4, 0.5) is 0 Å². The molecule has 64 valence electrons. The summed E-state index contributed by atoms with van der Waals surface area (Å²) < 4.78 is 20.7. The summed E-state index contributed by atoms with van der Waals surface area (Å²) in [6.45, 7) is 0. The lowest BCUT2D eigenvalue weighted by molar-refractivity contribution is 0.0690. The average Bonchev–Trinajstić information content (AvgIpc) is 2.04. The number of nitrogens with zero attached hydrogens (tertiary/aromatic N) is 1. The van der Waals surface area contributed by atoms with Gasteiger partial charge in [0.15, 0.2) is 0 Å². The molecule has 1 rings (SSSR count). The van der Waals surface area contributed by atoms with Crippen LogP contribution in [0.5, 0.6) is 0 Å². The predicted octanol–water partition coefficient (Wildman–Crippen LogP) is 0.0178. The first-order valence-corrected chi connectivity index (χ1v) is 3.97. The number of aromatic nitrogens is 1. The van der Waals surface area contributed by atoms with Crippen LogP contribution in [0, 0.1) is 0 Å². The molecule has 0 spiro atoms. The van der Waals surface area contributed by atoms with E-state index in [1.807, 2.05) is 0 Å². The zero-order chi connectivity index (χ0) is 9.14. The summed E-state index contributed by atoms with van der Waals surface area (Å²) >= 11 is -2.41. The highest BCUT2D eigenvalue weighted by molar-refractivity contribution is 7.79. The maximum atomic E-state index is 10.4. The van der Waals surface area contributed by atoms with Crippen molar-refractivity contribution >= 4 is 17.0 Å². The molecule has 0 aromatic carbocycles. The van der Waals surface area contributed by atoms with E-state index in [9.17, 15) is 13.6 Å². The Labute approximate surface area is 70.3 Å². The number of carbonyl (C=O) groups is 1. The van der Waals surface area contributed by atoms with Crippen LogP contribution in [0.2, 0.25) is 0 Å². The highest BCUT2D eigenvalue weighted by atomic mass is 32.2. The van der Waals surface area contributed by atoms with Crippen molar-refractivity contribution < 1.29 is 18.7 Å². The van der Waals surface area contributed by atoms with E-state index in [1.54, 1.807) is 0 Å². The number of hydrogen-bond acceptors (Lipinski definition) is 4. The summed E-state index contributed by atoms with van der Waals surface area (Å²) in [5.74, 6) is -1.25. The van der Waals surface area contributed by atoms with Gasteiger partial charge in [-0.25, -0.2) is 9.78 Å². The van der Waals surface area contributed by atoms with Gasteiger partial charge in [0.05, 0.1) is 0 Å². The Bertz CT molecular complexity index is 309. The van der Waals surface area contributed by atoms with Crippen molar-refractivity contribution in [2.45, 2.75) is 4.90 Å². The highest BCUT2D eigenvalue weighted by Gasteiger charge is 2.04. The molecule has 1 N–H and O–H groups in total. The fourth-order valence-corrected chi connectivity index (χ4v) is 1.01. The van der Waals surface area contributed by atoms with Gasteiger partial charge < -0.3 is 9.66 Å². The summed E-state index contributed by atoms with van der Waals surface area (Å²) in [4.78, 5) is 13.7. The molecule has 0 saturated carbocycles. The van der Waals surface area contributed by atoms with Crippen molar-refractivity contribution in [2.75, 3.05) is 0 Å². The van der Waals surface area contributed by atoms with E-state index >= 15 is 0 Å². The van der Waals surface area contributed by atoms with Crippen molar-refractivity contribution in [1.82, 2.24) is 4.98 Å². The van der Waals surface area contributed by atoms with Crippen LogP contribution in [0.15, 0.2) is 23.2 Å². The fraction of sp³-hybridized carbons (Fsp3) is 0. The predicted molar refractivity (Wildman–Crippen MR) is 38.4 cm³/mol. The Kier molecular flexibility index (Phi) is 2.51. The number of rotatable bonds is 2. The van der Waals surface area contributed by atoms with Gasteiger partial charge in [-0.05, 0) is 23.2 Å². The molecule has 1 heterocycles. The molecule has 12 heavy (non-hydrogen) atoms. The molecule has 6 heteroatoms. The normalized spacial score (nSPS) is 12.4. The Morgan fingerprint density at radius 1 is 1.67 bits per heavy atom. The Morgan fingerprint density at radius 2 is 2.33 bits per heavy atom. The maximum absolute atomic E-state index is 10.4. The number of aromatic carboxylic acids is 1. The number of carboxylic acids is 1. The van der Waals surface area contributed by atoms with Gasteiger partial charge in [-0.2, -0.15) is 0 Å². The molecule has 0 radical (unpaired) electrons. The van der Waals surface area contributed by atoms with E-state index in [4.69, 9.17) is 5.11 Å². The minimum absolute atomic E-state index is 0.0811. The Balaban J connectivity index is 3.12. The molecule has 0 aliphatic heterocycles. The second kappa shape index (κ2) is 3.42. The number of hydrogen-bond donors (Lipinski definition) is 1. The molecule has 0 fully saturated rings. The quantitative estimate of drug-likeness (QED) is 0.657. The van der Waals surface area contributed by atoms with Crippen molar-refractivity contribution in [3.8, 4) is 0 Å². The third-order valence-electron chi connectivity index (χ3n) is 1.14.